The SMILES string of the molecule is CCN(CC)c1ccc(NC(=O)[C@H](N)C(C)C)cn1.Cl.Cl. The molecule has 0 radical (unpaired) electrons. The van der Waals surface area contributed by atoms with Crippen molar-refractivity contribution in [3.05, 3.63) is 18.3 Å². The van der Waals surface area contributed by atoms with E-state index >= 15 is 0 Å². The number of carbonyl (C=O) groups is 1. The second kappa shape index (κ2) is 10.7. The molecule has 0 aliphatic carbocycles. The molecule has 1 atom stereocenters. The van der Waals surface area contributed by atoms with Crippen molar-refractivity contribution < 1.29 is 4.79 Å². The number of halogens is 2. The van der Waals surface area contributed by atoms with Crippen molar-refractivity contribution in [2.45, 2.75) is 33.7 Å². The van der Waals surface area contributed by atoms with Crippen molar-refractivity contribution in [1.82, 2.24) is 4.98 Å². The highest BCUT2D eigenvalue weighted by atomic mass is 35.5. The first-order chi connectivity index (χ1) is 8.99. The molecule has 0 spiro atoms. The highest BCUT2D eigenvalue weighted by Gasteiger charge is 2.17. The molecule has 3 N–H and O–H groups in total. The van der Waals surface area contributed by atoms with E-state index in [0.717, 1.165) is 18.9 Å². The summed E-state index contributed by atoms with van der Waals surface area (Å²) < 4.78 is 0. The van der Waals surface area contributed by atoms with Crippen molar-refractivity contribution in [1.29, 1.82) is 0 Å². The van der Waals surface area contributed by atoms with Crippen LogP contribution in [0.5, 0.6) is 0 Å². The first-order valence-electron chi connectivity index (χ1n) is 6.77. The van der Waals surface area contributed by atoms with Gasteiger partial charge in [0.1, 0.15) is 5.82 Å². The summed E-state index contributed by atoms with van der Waals surface area (Å²) in [6, 6.07) is 3.26. The molecule has 0 saturated heterocycles. The Kier molecular flexibility index (Phi) is 11.3. The van der Waals surface area contributed by atoms with Gasteiger partial charge in [0.05, 0.1) is 17.9 Å². The lowest BCUT2D eigenvalue weighted by molar-refractivity contribution is -0.118. The summed E-state index contributed by atoms with van der Waals surface area (Å²) in [5.41, 5.74) is 6.47. The van der Waals surface area contributed by atoms with E-state index in [-0.39, 0.29) is 36.6 Å². The van der Waals surface area contributed by atoms with Crippen LogP contribution >= 0.6 is 24.8 Å². The maximum Gasteiger partial charge on any atom is 0.241 e. The van der Waals surface area contributed by atoms with Gasteiger partial charge < -0.3 is 16.0 Å². The lowest BCUT2D eigenvalue weighted by atomic mass is 10.1. The van der Waals surface area contributed by atoms with Gasteiger partial charge in [0.15, 0.2) is 0 Å². The number of carbonyl (C=O) groups excluding carboxylic acids is 1. The molecular formula is C14H26Cl2N4O. The van der Waals surface area contributed by atoms with E-state index in [0.29, 0.717) is 5.69 Å². The van der Waals surface area contributed by atoms with Crippen LogP contribution < -0.4 is 16.0 Å². The summed E-state index contributed by atoms with van der Waals surface area (Å²) in [6.07, 6.45) is 1.67. The molecule has 1 rings (SSSR count). The van der Waals surface area contributed by atoms with Crippen LogP contribution in [0.15, 0.2) is 18.3 Å². The Balaban J connectivity index is 0. The first kappa shape index (κ1) is 22.2. The Morgan fingerprint density at radius 2 is 1.86 bits per heavy atom. The van der Waals surface area contributed by atoms with Crippen molar-refractivity contribution in [2.75, 3.05) is 23.3 Å². The van der Waals surface area contributed by atoms with Gasteiger partial charge in [-0.2, -0.15) is 0 Å². The molecule has 7 heteroatoms. The average Bonchev–Trinajstić information content (AvgIpc) is 2.41. The van der Waals surface area contributed by atoms with Crippen molar-refractivity contribution >= 4 is 42.2 Å². The minimum absolute atomic E-state index is 0. The molecule has 1 amide bonds. The fraction of sp³-hybridized carbons (Fsp3) is 0.571. The van der Waals surface area contributed by atoms with Gasteiger partial charge in [0.2, 0.25) is 5.91 Å². The molecule has 0 aliphatic heterocycles. The van der Waals surface area contributed by atoms with Crippen LogP contribution in [-0.4, -0.2) is 30.0 Å². The summed E-state index contributed by atoms with van der Waals surface area (Å²) in [6.45, 7) is 9.84. The molecule has 0 unspecified atom stereocenters. The molecule has 5 nitrogen and oxygen atoms in total. The second-order valence-corrected chi connectivity index (χ2v) is 4.84. The molecular weight excluding hydrogens is 311 g/mol. The molecule has 122 valence electrons. The fourth-order valence-corrected chi connectivity index (χ4v) is 1.72. The molecule has 1 aromatic rings. The van der Waals surface area contributed by atoms with Gasteiger partial charge in [0, 0.05) is 13.1 Å². The zero-order chi connectivity index (χ0) is 14.4. The van der Waals surface area contributed by atoms with E-state index in [2.05, 4.69) is 29.0 Å². The van der Waals surface area contributed by atoms with Crippen LogP contribution in [0.3, 0.4) is 0 Å². The Morgan fingerprint density at radius 1 is 1.29 bits per heavy atom. The molecule has 0 bridgehead atoms. The summed E-state index contributed by atoms with van der Waals surface area (Å²) >= 11 is 0. The molecule has 0 aliphatic rings. The maximum atomic E-state index is 11.8. The molecule has 21 heavy (non-hydrogen) atoms. The summed E-state index contributed by atoms with van der Waals surface area (Å²) in [7, 11) is 0. The summed E-state index contributed by atoms with van der Waals surface area (Å²) in [4.78, 5) is 18.3. The summed E-state index contributed by atoms with van der Waals surface area (Å²) in [5, 5.41) is 2.78. The van der Waals surface area contributed by atoms with E-state index in [4.69, 9.17) is 5.73 Å². The highest BCUT2D eigenvalue weighted by Crippen LogP contribution is 2.14. The monoisotopic (exact) mass is 336 g/mol. The van der Waals surface area contributed by atoms with Crippen LogP contribution in [0.2, 0.25) is 0 Å². The number of nitrogens with zero attached hydrogens (tertiary/aromatic N) is 2. The number of aromatic nitrogens is 1. The van der Waals surface area contributed by atoms with Crippen molar-refractivity contribution in [3.63, 3.8) is 0 Å². The van der Waals surface area contributed by atoms with Crippen LogP contribution in [0, 0.1) is 5.92 Å². The number of pyridine rings is 1. The average molecular weight is 337 g/mol. The van der Waals surface area contributed by atoms with Gasteiger partial charge >= 0.3 is 0 Å². The Morgan fingerprint density at radius 3 is 2.24 bits per heavy atom. The minimum Gasteiger partial charge on any atom is -0.357 e. The molecule has 1 heterocycles. The number of anilines is 2. The predicted octanol–water partition coefficient (Wildman–Crippen LogP) is 2.69. The smallest absolute Gasteiger partial charge is 0.241 e. The maximum absolute atomic E-state index is 11.8. The van der Waals surface area contributed by atoms with Gasteiger partial charge in [-0.15, -0.1) is 24.8 Å². The number of hydrogen-bond acceptors (Lipinski definition) is 4. The van der Waals surface area contributed by atoms with Gasteiger partial charge in [-0.05, 0) is 31.9 Å². The molecule has 0 saturated carbocycles. The van der Waals surface area contributed by atoms with Gasteiger partial charge in [0.25, 0.3) is 0 Å². The topological polar surface area (TPSA) is 71.2 Å². The molecule has 0 fully saturated rings. The van der Waals surface area contributed by atoms with Crippen LogP contribution in [-0.2, 0) is 4.79 Å². The predicted molar refractivity (Wildman–Crippen MR) is 93.7 cm³/mol. The fourth-order valence-electron chi connectivity index (χ4n) is 1.72. The van der Waals surface area contributed by atoms with Crippen molar-refractivity contribution in [3.8, 4) is 0 Å². The Bertz CT molecular complexity index is 408. The quantitative estimate of drug-likeness (QED) is 0.837. The third-order valence-corrected chi connectivity index (χ3v) is 3.12. The van der Waals surface area contributed by atoms with Gasteiger partial charge in [-0.25, -0.2) is 4.98 Å². The van der Waals surface area contributed by atoms with E-state index in [1.54, 1.807) is 6.20 Å². The second-order valence-electron chi connectivity index (χ2n) is 4.84. The number of nitrogens with two attached hydrogens (primary N) is 1. The number of rotatable bonds is 6. The first-order valence-corrected chi connectivity index (χ1v) is 6.77. The van der Waals surface area contributed by atoms with E-state index in [9.17, 15) is 4.79 Å². The molecule has 0 aromatic carbocycles. The third kappa shape index (κ3) is 6.50. The third-order valence-electron chi connectivity index (χ3n) is 3.12. The lowest BCUT2D eigenvalue weighted by Crippen LogP contribution is -2.39. The number of amides is 1. The van der Waals surface area contributed by atoms with E-state index in [1.165, 1.54) is 0 Å². The standard InChI is InChI=1S/C14H24N4O.2ClH/c1-5-18(6-2)12-8-7-11(9-16-12)17-14(19)13(15)10(3)4;;/h7-10,13H,5-6,15H2,1-4H3,(H,17,19);2*1H/t13-;;/m1../s1. The Labute approximate surface area is 139 Å². The highest BCUT2D eigenvalue weighted by molar-refractivity contribution is 5.94. The zero-order valence-corrected chi connectivity index (χ0v) is 14.6. The van der Waals surface area contributed by atoms with E-state index < -0.39 is 6.04 Å². The van der Waals surface area contributed by atoms with Gasteiger partial charge in [-0.3, -0.25) is 4.79 Å². The van der Waals surface area contributed by atoms with Crippen LogP contribution in [0.1, 0.15) is 27.7 Å². The Hall–Kier alpha value is -1.04. The number of nitrogens with one attached hydrogen (secondary N) is 1. The normalized spacial score (nSPS) is 11.1. The number of hydrogen-bond donors (Lipinski definition) is 2. The van der Waals surface area contributed by atoms with Crippen LogP contribution in [0.25, 0.3) is 0 Å². The van der Waals surface area contributed by atoms with Crippen molar-refractivity contribution in [2.24, 2.45) is 11.7 Å². The summed E-state index contributed by atoms with van der Waals surface area (Å²) in [5.74, 6) is 0.853. The lowest BCUT2D eigenvalue weighted by Gasteiger charge is -2.20. The molecule has 1 aromatic heterocycles. The van der Waals surface area contributed by atoms with Crippen LogP contribution in [0.4, 0.5) is 11.5 Å². The minimum atomic E-state index is -0.498. The van der Waals surface area contributed by atoms with Gasteiger partial charge in [-0.1, -0.05) is 13.8 Å². The largest absolute Gasteiger partial charge is 0.357 e. The zero-order valence-electron chi connectivity index (χ0n) is 13.0. The van der Waals surface area contributed by atoms with E-state index in [1.807, 2.05) is 26.0 Å².